The normalized spacial score (nSPS) is 12.5. The van der Waals surface area contributed by atoms with Crippen LogP contribution in [0.1, 0.15) is 21.5 Å². The van der Waals surface area contributed by atoms with E-state index in [1.165, 1.54) is 23.3 Å². The zero-order valence-electron chi connectivity index (χ0n) is 12.8. The van der Waals surface area contributed by atoms with Gasteiger partial charge in [-0.2, -0.15) is 0 Å². The minimum atomic E-state index is -0.138. The first kappa shape index (κ1) is 15.4. The highest BCUT2D eigenvalue weighted by Crippen LogP contribution is 2.25. The second kappa shape index (κ2) is 7.15. The smallest absolute Gasteiger partial charge is 0.251 e. The van der Waals surface area contributed by atoms with E-state index in [1.807, 2.05) is 6.07 Å². The number of carbonyl (C=O) groups is 1. The second-order valence-corrected chi connectivity index (χ2v) is 5.52. The third-order valence-electron chi connectivity index (χ3n) is 3.80. The molecule has 0 aromatic heterocycles. The minimum Gasteiger partial charge on any atom is -0.508 e. The van der Waals surface area contributed by atoms with Gasteiger partial charge in [-0.1, -0.05) is 12.1 Å². The summed E-state index contributed by atoms with van der Waals surface area (Å²) in [7, 11) is 0. The van der Waals surface area contributed by atoms with Crippen molar-refractivity contribution >= 4 is 5.91 Å². The van der Waals surface area contributed by atoms with E-state index in [1.54, 1.807) is 12.1 Å². The summed E-state index contributed by atoms with van der Waals surface area (Å²) in [5.41, 5.74) is 3.03. The molecule has 120 valence electrons. The highest BCUT2D eigenvalue weighted by Gasteiger charge is 2.11. The van der Waals surface area contributed by atoms with Crippen LogP contribution in [0, 0.1) is 0 Å². The lowest BCUT2D eigenvalue weighted by Crippen LogP contribution is -2.31. The predicted octanol–water partition coefficient (Wildman–Crippen LogP) is 1.85. The molecule has 5 nitrogen and oxygen atoms in total. The van der Waals surface area contributed by atoms with E-state index in [0.29, 0.717) is 18.7 Å². The molecule has 1 heterocycles. The Morgan fingerprint density at radius 2 is 1.96 bits per heavy atom. The maximum absolute atomic E-state index is 11.9. The van der Waals surface area contributed by atoms with Crippen molar-refractivity contribution in [3.05, 3.63) is 59.2 Å². The lowest BCUT2D eigenvalue weighted by molar-refractivity contribution is 0.0954. The summed E-state index contributed by atoms with van der Waals surface area (Å²) in [6.45, 7) is 2.78. The van der Waals surface area contributed by atoms with Crippen molar-refractivity contribution in [1.29, 1.82) is 0 Å². The fourth-order valence-electron chi connectivity index (χ4n) is 2.56. The molecule has 0 fully saturated rings. The topological polar surface area (TPSA) is 70.6 Å². The number of aromatic hydroxyl groups is 1. The van der Waals surface area contributed by atoms with E-state index in [2.05, 4.69) is 22.8 Å². The van der Waals surface area contributed by atoms with Crippen LogP contribution in [0.25, 0.3) is 0 Å². The molecule has 1 aliphatic rings. The van der Waals surface area contributed by atoms with Gasteiger partial charge in [0.15, 0.2) is 0 Å². The number of hydrogen-bond acceptors (Lipinski definition) is 4. The van der Waals surface area contributed by atoms with Crippen molar-refractivity contribution in [1.82, 2.24) is 10.6 Å². The van der Waals surface area contributed by atoms with E-state index in [4.69, 9.17) is 4.74 Å². The van der Waals surface area contributed by atoms with Gasteiger partial charge < -0.3 is 20.5 Å². The maximum Gasteiger partial charge on any atom is 0.251 e. The lowest BCUT2D eigenvalue weighted by Gasteiger charge is -2.08. The Bertz CT molecular complexity index is 683. The average molecular weight is 312 g/mol. The SMILES string of the molecule is O=C(NCCNCc1ccc2c(c1)CCO2)c1ccc(O)cc1. The largest absolute Gasteiger partial charge is 0.508 e. The number of benzene rings is 2. The summed E-state index contributed by atoms with van der Waals surface area (Å²) in [5.74, 6) is 1.01. The molecule has 5 heteroatoms. The minimum absolute atomic E-state index is 0.138. The summed E-state index contributed by atoms with van der Waals surface area (Å²) in [5, 5.41) is 15.4. The van der Waals surface area contributed by atoms with Crippen LogP contribution in [-0.4, -0.2) is 30.7 Å². The van der Waals surface area contributed by atoms with Gasteiger partial charge in [0.2, 0.25) is 0 Å². The molecule has 2 aromatic rings. The van der Waals surface area contributed by atoms with Gasteiger partial charge in [0.25, 0.3) is 5.91 Å². The van der Waals surface area contributed by atoms with Crippen LogP contribution >= 0.6 is 0 Å². The zero-order valence-corrected chi connectivity index (χ0v) is 12.8. The molecule has 2 aromatic carbocycles. The molecule has 23 heavy (non-hydrogen) atoms. The van der Waals surface area contributed by atoms with E-state index in [0.717, 1.165) is 25.3 Å². The second-order valence-electron chi connectivity index (χ2n) is 5.52. The molecule has 1 aliphatic heterocycles. The van der Waals surface area contributed by atoms with Gasteiger partial charge in [-0.3, -0.25) is 4.79 Å². The van der Waals surface area contributed by atoms with Crippen molar-refractivity contribution in [2.45, 2.75) is 13.0 Å². The molecule has 1 amide bonds. The molecule has 0 unspecified atom stereocenters. The summed E-state index contributed by atoms with van der Waals surface area (Å²) < 4.78 is 5.49. The monoisotopic (exact) mass is 312 g/mol. The van der Waals surface area contributed by atoms with Crippen LogP contribution in [0.3, 0.4) is 0 Å². The molecule has 0 spiro atoms. The van der Waals surface area contributed by atoms with Crippen LogP contribution in [0.4, 0.5) is 0 Å². The number of nitrogens with one attached hydrogen (secondary N) is 2. The summed E-state index contributed by atoms with van der Waals surface area (Å²) in [6, 6.07) is 12.5. The third-order valence-corrected chi connectivity index (χ3v) is 3.80. The van der Waals surface area contributed by atoms with Gasteiger partial charge in [0.05, 0.1) is 6.61 Å². The quantitative estimate of drug-likeness (QED) is 0.712. The fourth-order valence-corrected chi connectivity index (χ4v) is 2.56. The Hall–Kier alpha value is -2.53. The summed E-state index contributed by atoms with van der Waals surface area (Å²) in [6.07, 6.45) is 0.978. The van der Waals surface area contributed by atoms with Gasteiger partial charge in [-0.05, 0) is 41.5 Å². The lowest BCUT2D eigenvalue weighted by atomic mass is 10.1. The van der Waals surface area contributed by atoms with Crippen molar-refractivity contribution in [3.63, 3.8) is 0 Å². The molecular formula is C18H20N2O3. The Morgan fingerprint density at radius 1 is 1.13 bits per heavy atom. The maximum atomic E-state index is 11.9. The third kappa shape index (κ3) is 4.02. The van der Waals surface area contributed by atoms with Crippen LogP contribution in [0.5, 0.6) is 11.5 Å². The van der Waals surface area contributed by atoms with Crippen LogP contribution < -0.4 is 15.4 Å². The molecule has 0 saturated carbocycles. The Kier molecular flexibility index (Phi) is 4.78. The first-order valence-corrected chi connectivity index (χ1v) is 7.75. The summed E-state index contributed by atoms with van der Waals surface area (Å²) >= 11 is 0. The first-order chi connectivity index (χ1) is 11.2. The molecule has 0 radical (unpaired) electrons. The average Bonchev–Trinajstić information content (AvgIpc) is 3.02. The van der Waals surface area contributed by atoms with Gasteiger partial charge in [-0.25, -0.2) is 0 Å². The van der Waals surface area contributed by atoms with Gasteiger partial charge in [0.1, 0.15) is 11.5 Å². The van der Waals surface area contributed by atoms with Gasteiger partial charge in [-0.15, -0.1) is 0 Å². The Morgan fingerprint density at radius 3 is 2.78 bits per heavy atom. The van der Waals surface area contributed by atoms with E-state index in [-0.39, 0.29) is 11.7 Å². The highest BCUT2D eigenvalue weighted by molar-refractivity contribution is 5.94. The zero-order chi connectivity index (χ0) is 16.1. The number of carbonyl (C=O) groups excluding carboxylic acids is 1. The number of ether oxygens (including phenoxy) is 1. The van der Waals surface area contributed by atoms with Gasteiger partial charge >= 0.3 is 0 Å². The van der Waals surface area contributed by atoms with Gasteiger partial charge in [0, 0.05) is 31.6 Å². The number of hydrogen-bond donors (Lipinski definition) is 3. The van der Waals surface area contributed by atoms with Crippen molar-refractivity contribution in [3.8, 4) is 11.5 Å². The molecule has 0 atom stereocenters. The van der Waals surface area contributed by atoms with Crippen molar-refractivity contribution in [2.24, 2.45) is 0 Å². The standard InChI is InChI=1S/C18H20N2O3/c21-16-4-2-14(3-5-16)18(22)20-9-8-19-12-13-1-6-17-15(11-13)7-10-23-17/h1-6,11,19,21H,7-10,12H2,(H,20,22). The number of phenols is 1. The predicted molar refractivity (Wildman–Crippen MR) is 87.8 cm³/mol. The number of amides is 1. The van der Waals surface area contributed by atoms with Crippen LogP contribution in [0.15, 0.2) is 42.5 Å². The highest BCUT2D eigenvalue weighted by atomic mass is 16.5. The van der Waals surface area contributed by atoms with Crippen LogP contribution in [0.2, 0.25) is 0 Å². The molecule has 3 rings (SSSR count). The number of phenolic OH excluding ortho intramolecular Hbond substituents is 1. The van der Waals surface area contributed by atoms with E-state index >= 15 is 0 Å². The number of fused-ring (bicyclic) bond motifs is 1. The van der Waals surface area contributed by atoms with E-state index in [9.17, 15) is 9.90 Å². The summed E-state index contributed by atoms with van der Waals surface area (Å²) in [4.78, 5) is 11.9. The molecule has 0 aliphatic carbocycles. The van der Waals surface area contributed by atoms with Crippen LogP contribution in [-0.2, 0) is 13.0 Å². The molecular weight excluding hydrogens is 292 g/mol. The molecule has 0 bridgehead atoms. The Labute approximate surface area is 135 Å². The van der Waals surface area contributed by atoms with Crippen molar-refractivity contribution < 1.29 is 14.6 Å². The first-order valence-electron chi connectivity index (χ1n) is 7.75. The van der Waals surface area contributed by atoms with E-state index < -0.39 is 0 Å². The Balaban J connectivity index is 1.38. The van der Waals surface area contributed by atoms with Crippen molar-refractivity contribution in [2.75, 3.05) is 19.7 Å². The molecule has 3 N–H and O–H groups in total. The fraction of sp³-hybridized carbons (Fsp3) is 0.278. The molecule has 0 saturated heterocycles. The number of rotatable bonds is 6.